The Morgan fingerprint density at radius 3 is 2.57 bits per heavy atom. The van der Waals surface area contributed by atoms with Crippen LogP contribution in [0.15, 0.2) is 83.9 Å². The monoisotopic (exact) mass is 477 g/mol. The highest BCUT2D eigenvalue weighted by Crippen LogP contribution is 2.27. The van der Waals surface area contributed by atoms with Gasteiger partial charge >= 0.3 is 0 Å². The van der Waals surface area contributed by atoms with Gasteiger partial charge in [0.05, 0.1) is 6.61 Å². The number of nitrogens with one attached hydrogen (secondary N) is 2. The van der Waals surface area contributed by atoms with Gasteiger partial charge in [0.15, 0.2) is 5.54 Å². The fraction of sp³-hybridized carbons (Fsp3) is 0.259. The second kappa shape index (κ2) is 11.6. The molecule has 1 aliphatic heterocycles. The summed E-state index contributed by atoms with van der Waals surface area (Å²) in [7, 11) is 0. The van der Waals surface area contributed by atoms with Gasteiger partial charge in [-0.3, -0.25) is 10.2 Å². The molecule has 0 spiro atoms. The summed E-state index contributed by atoms with van der Waals surface area (Å²) in [4.78, 5) is 18.1. The number of amides is 1. The third-order valence-corrected chi connectivity index (χ3v) is 5.58. The molecule has 1 amide bonds. The number of hydrogen-bond donors (Lipinski definition) is 3. The zero-order valence-electron chi connectivity index (χ0n) is 19.2. The first-order chi connectivity index (χ1) is 17.1. The van der Waals surface area contributed by atoms with E-state index < -0.39 is 5.54 Å². The molecular formula is C27H28FN3O4. The van der Waals surface area contributed by atoms with Crippen LogP contribution in [0.4, 0.5) is 4.39 Å². The summed E-state index contributed by atoms with van der Waals surface area (Å²) in [5, 5.41) is 8.89. The van der Waals surface area contributed by atoms with Crippen molar-refractivity contribution in [3.05, 3.63) is 101 Å². The predicted molar refractivity (Wildman–Crippen MR) is 130 cm³/mol. The molecule has 3 aromatic rings. The maximum absolute atomic E-state index is 13.4. The number of aliphatic hydroxyl groups excluding tert-OH is 1. The van der Waals surface area contributed by atoms with E-state index in [9.17, 15) is 9.18 Å². The number of hydrogen-bond acceptors (Lipinski definition) is 6. The summed E-state index contributed by atoms with van der Waals surface area (Å²) in [5.74, 6) is 0.384. The topological polar surface area (TPSA) is 92.2 Å². The summed E-state index contributed by atoms with van der Waals surface area (Å²) < 4.78 is 24.9. The minimum Gasteiger partial charge on any atom is -0.494 e. The maximum atomic E-state index is 13.4. The van der Waals surface area contributed by atoms with Crippen LogP contribution in [0.3, 0.4) is 0 Å². The molecule has 8 heteroatoms. The molecule has 4 rings (SSSR count). The van der Waals surface area contributed by atoms with E-state index in [1.807, 2.05) is 42.5 Å². The molecule has 0 unspecified atom stereocenters. The van der Waals surface area contributed by atoms with E-state index in [1.54, 1.807) is 24.3 Å². The quantitative estimate of drug-likeness (QED) is 0.292. The van der Waals surface area contributed by atoms with Crippen LogP contribution in [0.1, 0.15) is 23.1 Å². The number of ether oxygens (including phenoxy) is 2. The standard InChI is InChI=1S/C27H28FN3O4/c28-23-9-4-8-21(16-23)18-29-31-26(33)27(17-20-6-2-1-3-7-20)19-35-25(30-27)22-10-12-24(13-11-22)34-15-5-14-32/h1-4,6-13,16,29,32H,5,14-15,17-19H2,(H,31,33)/t27-/m0/s1. The van der Waals surface area contributed by atoms with Crippen molar-refractivity contribution in [2.75, 3.05) is 19.8 Å². The molecule has 182 valence electrons. The van der Waals surface area contributed by atoms with Gasteiger partial charge in [0.25, 0.3) is 5.91 Å². The van der Waals surface area contributed by atoms with Gasteiger partial charge in [0.1, 0.15) is 18.2 Å². The van der Waals surface area contributed by atoms with Crippen molar-refractivity contribution >= 4 is 11.8 Å². The van der Waals surface area contributed by atoms with Crippen molar-refractivity contribution in [3.8, 4) is 5.75 Å². The SMILES string of the molecule is O=C(NNCc1cccc(F)c1)[C@]1(Cc2ccccc2)COC(c2ccc(OCCCO)cc2)=N1. The molecule has 0 aromatic heterocycles. The Morgan fingerprint density at radius 2 is 1.83 bits per heavy atom. The van der Waals surface area contributed by atoms with Gasteiger partial charge in [-0.15, -0.1) is 0 Å². The molecule has 3 N–H and O–H groups in total. The van der Waals surface area contributed by atoms with Crippen molar-refractivity contribution < 1.29 is 23.8 Å². The number of aliphatic hydroxyl groups is 1. The Hall–Kier alpha value is -3.75. The second-order valence-electron chi connectivity index (χ2n) is 8.29. The molecule has 35 heavy (non-hydrogen) atoms. The first kappa shape index (κ1) is 24.4. The lowest BCUT2D eigenvalue weighted by atomic mass is 9.91. The molecule has 0 saturated heterocycles. The summed E-state index contributed by atoms with van der Waals surface area (Å²) >= 11 is 0. The summed E-state index contributed by atoms with van der Waals surface area (Å²) in [6.45, 7) is 0.848. The Bertz CT molecular complexity index is 1150. The molecule has 1 heterocycles. The number of halogens is 1. The number of rotatable bonds is 11. The second-order valence-corrected chi connectivity index (χ2v) is 8.29. The van der Waals surface area contributed by atoms with E-state index in [0.717, 1.165) is 11.1 Å². The van der Waals surface area contributed by atoms with Crippen LogP contribution in [0, 0.1) is 5.82 Å². The van der Waals surface area contributed by atoms with Crippen LogP contribution in [-0.2, 0) is 22.5 Å². The van der Waals surface area contributed by atoms with E-state index in [-0.39, 0.29) is 31.5 Å². The Morgan fingerprint density at radius 1 is 1.06 bits per heavy atom. The first-order valence-corrected chi connectivity index (χ1v) is 11.5. The van der Waals surface area contributed by atoms with Crippen molar-refractivity contribution in [1.29, 1.82) is 0 Å². The lowest BCUT2D eigenvalue weighted by Crippen LogP contribution is -2.52. The van der Waals surface area contributed by atoms with Gasteiger partial charge in [-0.1, -0.05) is 42.5 Å². The normalized spacial score (nSPS) is 16.9. The largest absolute Gasteiger partial charge is 0.494 e. The summed E-state index contributed by atoms with van der Waals surface area (Å²) in [6, 6.07) is 23.1. The van der Waals surface area contributed by atoms with Gasteiger partial charge < -0.3 is 14.6 Å². The van der Waals surface area contributed by atoms with Crippen molar-refractivity contribution in [3.63, 3.8) is 0 Å². The lowest BCUT2D eigenvalue weighted by molar-refractivity contribution is -0.127. The number of carbonyl (C=O) groups is 1. The average Bonchev–Trinajstić information content (AvgIpc) is 3.30. The Labute approximate surface area is 203 Å². The molecule has 0 radical (unpaired) electrons. The third-order valence-electron chi connectivity index (χ3n) is 5.58. The van der Waals surface area contributed by atoms with Crippen molar-refractivity contribution in [2.24, 2.45) is 4.99 Å². The Kier molecular flexibility index (Phi) is 8.07. The summed E-state index contributed by atoms with van der Waals surface area (Å²) in [6.07, 6.45) is 0.912. The molecule has 0 fully saturated rings. The van der Waals surface area contributed by atoms with Crippen LogP contribution in [-0.4, -0.2) is 42.3 Å². The Balaban J connectivity index is 1.49. The fourth-order valence-corrected chi connectivity index (χ4v) is 3.75. The molecular weight excluding hydrogens is 449 g/mol. The maximum Gasteiger partial charge on any atom is 0.266 e. The van der Waals surface area contributed by atoms with Crippen LogP contribution >= 0.6 is 0 Å². The lowest BCUT2D eigenvalue weighted by Gasteiger charge is -2.23. The zero-order valence-corrected chi connectivity index (χ0v) is 19.2. The highest BCUT2D eigenvalue weighted by atomic mass is 19.1. The minimum atomic E-state index is -1.16. The van der Waals surface area contributed by atoms with Gasteiger partial charge in [-0.25, -0.2) is 14.8 Å². The first-order valence-electron chi connectivity index (χ1n) is 11.5. The molecule has 0 bridgehead atoms. The molecule has 0 saturated carbocycles. The van der Waals surface area contributed by atoms with Crippen LogP contribution in [0.2, 0.25) is 0 Å². The smallest absolute Gasteiger partial charge is 0.266 e. The van der Waals surface area contributed by atoms with E-state index in [4.69, 9.17) is 19.6 Å². The number of aliphatic imine (C=N–C) groups is 1. The number of benzene rings is 3. The number of nitrogens with zero attached hydrogens (tertiary/aromatic N) is 1. The van der Waals surface area contributed by atoms with E-state index >= 15 is 0 Å². The zero-order chi connectivity index (χ0) is 24.5. The number of hydrazine groups is 1. The van der Waals surface area contributed by atoms with E-state index in [1.165, 1.54) is 12.1 Å². The molecule has 1 atom stereocenters. The molecule has 0 aliphatic carbocycles. The van der Waals surface area contributed by atoms with Gasteiger partial charge in [-0.05, 0) is 47.5 Å². The van der Waals surface area contributed by atoms with Crippen LogP contribution < -0.4 is 15.6 Å². The highest BCUT2D eigenvalue weighted by molar-refractivity contribution is 6.00. The van der Waals surface area contributed by atoms with E-state index in [0.29, 0.717) is 36.7 Å². The molecule has 7 nitrogen and oxygen atoms in total. The predicted octanol–water partition coefficient (Wildman–Crippen LogP) is 3.17. The third kappa shape index (κ3) is 6.44. The van der Waals surface area contributed by atoms with E-state index in [2.05, 4.69) is 10.9 Å². The van der Waals surface area contributed by atoms with Crippen molar-refractivity contribution in [1.82, 2.24) is 10.9 Å². The summed E-state index contributed by atoms with van der Waals surface area (Å²) in [5.41, 5.74) is 6.83. The van der Waals surface area contributed by atoms with Crippen molar-refractivity contribution in [2.45, 2.75) is 24.9 Å². The van der Waals surface area contributed by atoms with Crippen LogP contribution in [0.25, 0.3) is 0 Å². The van der Waals surface area contributed by atoms with Gasteiger partial charge in [0, 0.05) is 31.6 Å². The molecule has 3 aromatic carbocycles. The van der Waals surface area contributed by atoms with Crippen LogP contribution in [0.5, 0.6) is 5.75 Å². The fourth-order valence-electron chi connectivity index (χ4n) is 3.75. The molecule has 1 aliphatic rings. The van der Waals surface area contributed by atoms with Gasteiger partial charge in [-0.2, -0.15) is 0 Å². The van der Waals surface area contributed by atoms with Gasteiger partial charge in [0.2, 0.25) is 5.90 Å². The number of carbonyl (C=O) groups excluding carboxylic acids is 1. The average molecular weight is 478 g/mol. The highest BCUT2D eigenvalue weighted by Gasteiger charge is 2.44. The minimum absolute atomic E-state index is 0.0748.